The fourth-order valence-electron chi connectivity index (χ4n) is 1.60. The number of nitrogens with zero attached hydrogens (tertiary/aromatic N) is 1. The normalized spacial score (nSPS) is 10.7. The third-order valence-corrected chi connectivity index (χ3v) is 3.86. The molecule has 2 aromatic rings. The van der Waals surface area contributed by atoms with Crippen molar-refractivity contribution in [2.45, 2.75) is 19.8 Å². The Balaban J connectivity index is 2.22. The Bertz CT molecular complexity index is 697. The molecule has 0 aliphatic heterocycles. The second-order valence-corrected chi connectivity index (χ2v) is 5.57. The van der Waals surface area contributed by atoms with Gasteiger partial charge in [0.05, 0.1) is 16.3 Å². The molecule has 2 N–H and O–H groups in total. The highest BCUT2D eigenvalue weighted by atomic mass is 32.1. The number of amides is 1. The van der Waals surface area contributed by atoms with Crippen molar-refractivity contribution in [1.82, 2.24) is 4.98 Å². The van der Waals surface area contributed by atoms with Gasteiger partial charge in [-0.05, 0) is 18.2 Å². The Morgan fingerprint density at radius 3 is 2.67 bits per heavy atom. The summed E-state index contributed by atoms with van der Waals surface area (Å²) in [5, 5.41) is 13.6. The van der Waals surface area contributed by atoms with Gasteiger partial charge in [-0.25, -0.2) is 14.2 Å². The minimum absolute atomic E-state index is 0.104. The van der Waals surface area contributed by atoms with Crippen LogP contribution in [-0.4, -0.2) is 22.0 Å². The summed E-state index contributed by atoms with van der Waals surface area (Å²) in [5.74, 6) is -2.27. The van der Waals surface area contributed by atoms with Gasteiger partial charge in [-0.1, -0.05) is 13.8 Å². The molecule has 2 rings (SSSR count). The molecule has 110 valence electrons. The van der Waals surface area contributed by atoms with Gasteiger partial charge in [-0.3, -0.25) is 4.79 Å². The Morgan fingerprint density at radius 1 is 1.38 bits per heavy atom. The number of thiazole rings is 1. The number of anilines is 1. The smallest absolute Gasteiger partial charge is 0.335 e. The van der Waals surface area contributed by atoms with Crippen molar-refractivity contribution in [3.63, 3.8) is 0 Å². The Labute approximate surface area is 124 Å². The molecule has 0 saturated carbocycles. The second-order valence-electron chi connectivity index (χ2n) is 4.68. The van der Waals surface area contributed by atoms with E-state index in [0.717, 1.165) is 23.2 Å². The Kier molecular flexibility index (Phi) is 4.32. The number of carboxylic acids is 1. The predicted octanol–water partition coefficient (Wildman–Crippen LogP) is 3.36. The summed E-state index contributed by atoms with van der Waals surface area (Å²) in [6.45, 7) is 3.91. The average Bonchev–Trinajstić information content (AvgIpc) is 2.90. The predicted molar refractivity (Wildman–Crippen MR) is 77.5 cm³/mol. The number of hydrogen-bond acceptors (Lipinski definition) is 4. The van der Waals surface area contributed by atoms with Crippen LogP contribution in [0.3, 0.4) is 0 Å². The fraction of sp³-hybridized carbons (Fsp3) is 0.214. The number of carbonyl (C=O) groups is 2. The first-order chi connectivity index (χ1) is 9.88. The molecule has 5 nitrogen and oxygen atoms in total. The van der Waals surface area contributed by atoms with Crippen LogP contribution < -0.4 is 5.32 Å². The van der Waals surface area contributed by atoms with Gasteiger partial charge in [0.1, 0.15) is 11.5 Å². The maximum atomic E-state index is 13.6. The molecule has 0 fully saturated rings. The van der Waals surface area contributed by atoms with Crippen LogP contribution in [0.5, 0.6) is 0 Å². The number of carboxylic acid groups (broad SMARTS) is 1. The summed E-state index contributed by atoms with van der Waals surface area (Å²) >= 11 is 1.35. The number of benzene rings is 1. The van der Waals surface area contributed by atoms with Gasteiger partial charge < -0.3 is 10.4 Å². The lowest BCUT2D eigenvalue weighted by Crippen LogP contribution is -2.14. The highest BCUT2D eigenvalue weighted by molar-refractivity contribution is 7.09. The minimum atomic E-state index is -1.19. The van der Waals surface area contributed by atoms with Crippen LogP contribution in [0, 0.1) is 5.82 Å². The number of nitrogens with one attached hydrogen (secondary N) is 1. The largest absolute Gasteiger partial charge is 0.478 e. The van der Waals surface area contributed by atoms with E-state index in [0.29, 0.717) is 0 Å². The molecule has 7 heteroatoms. The number of carbonyl (C=O) groups excluding carboxylic acids is 1. The van der Waals surface area contributed by atoms with Crippen LogP contribution in [0.2, 0.25) is 0 Å². The molecule has 1 aromatic heterocycles. The number of rotatable bonds is 4. The van der Waals surface area contributed by atoms with E-state index >= 15 is 0 Å². The summed E-state index contributed by atoms with van der Waals surface area (Å²) < 4.78 is 13.6. The second kappa shape index (κ2) is 6.01. The molecule has 0 aliphatic rings. The van der Waals surface area contributed by atoms with E-state index in [1.54, 1.807) is 5.38 Å². The lowest BCUT2D eigenvalue weighted by molar-refractivity contribution is 0.0696. The van der Waals surface area contributed by atoms with Crippen molar-refractivity contribution in [2.75, 3.05) is 5.32 Å². The van der Waals surface area contributed by atoms with E-state index < -0.39 is 17.7 Å². The Hall–Kier alpha value is -2.28. The maximum Gasteiger partial charge on any atom is 0.335 e. The van der Waals surface area contributed by atoms with Crippen LogP contribution in [-0.2, 0) is 0 Å². The number of aromatic carboxylic acids is 1. The molecule has 1 aromatic carbocycles. The van der Waals surface area contributed by atoms with Gasteiger partial charge in [0, 0.05) is 11.3 Å². The molecular formula is C14H13FN2O3S. The zero-order valence-corrected chi connectivity index (χ0v) is 12.2. The number of aromatic nitrogens is 1. The van der Waals surface area contributed by atoms with Crippen molar-refractivity contribution in [2.24, 2.45) is 0 Å². The zero-order valence-electron chi connectivity index (χ0n) is 11.4. The topological polar surface area (TPSA) is 79.3 Å². The monoisotopic (exact) mass is 308 g/mol. The van der Waals surface area contributed by atoms with Crippen LogP contribution >= 0.6 is 11.3 Å². The molecule has 0 aliphatic carbocycles. The van der Waals surface area contributed by atoms with Gasteiger partial charge in [0.25, 0.3) is 5.91 Å². The van der Waals surface area contributed by atoms with Gasteiger partial charge in [0.15, 0.2) is 0 Å². The number of hydrogen-bond donors (Lipinski definition) is 2. The summed E-state index contributed by atoms with van der Waals surface area (Å²) in [5.41, 5.74) is -0.101. The lowest BCUT2D eigenvalue weighted by atomic mass is 10.2. The molecule has 0 unspecified atom stereocenters. The van der Waals surface area contributed by atoms with E-state index in [2.05, 4.69) is 10.3 Å². The van der Waals surface area contributed by atoms with Crippen LogP contribution in [0.15, 0.2) is 23.6 Å². The van der Waals surface area contributed by atoms with Crippen LogP contribution in [0.25, 0.3) is 0 Å². The quantitative estimate of drug-likeness (QED) is 0.907. The van der Waals surface area contributed by atoms with E-state index in [1.165, 1.54) is 11.3 Å². The highest BCUT2D eigenvalue weighted by Gasteiger charge is 2.15. The van der Waals surface area contributed by atoms with E-state index in [-0.39, 0.29) is 22.9 Å². The molecular weight excluding hydrogens is 295 g/mol. The van der Waals surface area contributed by atoms with E-state index in [9.17, 15) is 14.0 Å². The van der Waals surface area contributed by atoms with Crippen molar-refractivity contribution in [1.29, 1.82) is 0 Å². The van der Waals surface area contributed by atoms with Crippen molar-refractivity contribution in [3.05, 3.63) is 45.7 Å². The standard InChI is InChI=1S/C14H13FN2O3S/c1-7(2)13-17-11(6-21-13)12(18)16-10-5-8(14(19)20)3-4-9(10)15/h3-7H,1-2H3,(H,16,18)(H,19,20). The van der Waals surface area contributed by atoms with Crippen molar-refractivity contribution >= 4 is 28.9 Å². The molecule has 0 atom stereocenters. The van der Waals surface area contributed by atoms with Gasteiger partial charge in [-0.15, -0.1) is 11.3 Å². The highest BCUT2D eigenvalue weighted by Crippen LogP contribution is 2.21. The van der Waals surface area contributed by atoms with Crippen LogP contribution in [0.1, 0.15) is 45.6 Å². The van der Waals surface area contributed by atoms with Crippen LogP contribution in [0.4, 0.5) is 10.1 Å². The molecule has 21 heavy (non-hydrogen) atoms. The summed E-state index contributed by atoms with van der Waals surface area (Å²) in [6, 6.07) is 3.21. The summed E-state index contributed by atoms with van der Waals surface area (Å²) in [7, 11) is 0. The number of halogens is 1. The first-order valence-corrected chi connectivity index (χ1v) is 7.06. The molecule has 0 spiro atoms. The van der Waals surface area contributed by atoms with Gasteiger partial charge in [0.2, 0.25) is 0 Å². The van der Waals surface area contributed by atoms with E-state index in [4.69, 9.17) is 5.11 Å². The fourth-order valence-corrected chi connectivity index (χ4v) is 2.41. The average molecular weight is 308 g/mol. The van der Waals surface area contributed by atoms with Crippen molar-refractivity contribution < 1.29 is 19.1 Å². The third kappa shape index (κ3) is 3.43. The maximum absolute atomic E-state index is 13.6. The molecule has 1 amide bonds. The first-order valence-electron chi connectivity index (χ1n) is 6.18. The summed E-state index contributed by atoms with van der Waals surface area (Å²) in [6.07, 6.45) is 0. The first kappa shape index (κ1) is 15.1. The molecule has 1 heterocycles. The van der Waals surface area contributed by atoms with E-state index in [1.807, 2.05) is 13.8 Å². The molecule has 0 bridgehead atoms. The van der Waals surface area contributed by atoms with Gasteiger partial charge in [-0.2, -0.15) is 0 Å². The molecule has 0 radical (unpaired) electrons. The lowest BCUT2D eigenvalue weighted by Gasteiger charge is -2.06. The third-order valence-electron chi connectivity index (χ3n) is 2.71. The zero-order chi connectivity index (χ0) is 15.6. The minimum Gasteiger partial charge on any atom is -0.478 e. The molecule has 0 saturated heterocycles. The SMILES string of the molecule is CC(C)c1nc(C(=O)Nc2cc(C(=O)O)ccc2F)cs1. The van der Waals surface area contributed by atoms with Crippen molar-refractivity contribution in [3.8, 4) is 0 Å². The van der Waals surface area contributed by atoms with Gasteiger partial charge >= 0.3 is 5.97 Å². The Morgan fingerprint density at radius 2 is 2.10 bits per heavy atom. The summed E-state index contributed by atoms with van der Waals surface area (Å²) in [4.78, 5) is 27.0.